The minimum absolute atomic E-state index is 0.0139. The average molecular weight is 467 g/mol. The fourth-order valence-electron chi connectivity index (χ4n) is 5.90. The Morgan fingerprint density at radius 3 is 2.38 bits per heavy atom. The van der Waals surface area contributed by atoms with Crippen molar-refractivity contribution in [3.05, 3.63) is 70.8 Å². The quantitative estimate of drug-likeness (QED) is 0.658. The van der Waals surface area contributed by atoms with Crippen LogP contribution in [0.2, 0.25) is 0 Å². The van der Waals surface area contributed by atoms with Gasteiger partial charge in [-0.05, 0) is 66.5 Å². The molecule has 7 heteroatoms. The van der Waals surface area contributed by atoms with Gasteiger partial charge in [-0.25, -0.2) is 8.78 Å². The van der Waals surface area contributed by atoms with Gasteiger partial charge < -0.3 is 14.5 Å². The fraction of sp³-hybridized carbons (Fsp3) is 0.481. The first-order valence-electron chi connectivity index (χ1n) is 12.1. The second-order valence-corrected chi connectivity index (χ2v) is 10.5. The van der Waals surface area contributed by atoms with Gasteiger partial charge in [0.05, 0.1) is 6.04 Å². The Hall–Kier alpha value is -2.80. The van der Waals surface area contributed by atoms with Crippen LogP contribution < -0.4 is 0 Å². The number of hydrogen-bond acceptors (Lipinski definition) is 3. The zero-order chi connectivity index (χ0) is 23.7. The van der Waals surface area contributed by atoms with Crippen LogP contribution in [0, 0.1) is 11.6 Å². The molecule has 6 rings (SSSR count). The van der Waals surface area contributed by atoms with Gasteiger partial charge in [0.2, 0.25) is 0 Å². The van der Waals surface area contributed by atoms with Crippen LogP contribution in [0.15, 0.2) is 42.5 Å². The molecule has 1 spiro atoms. The SMILES string of the molecule is CC1(c2cccc(C(=O)N3CCC4(CC3)OC3CC[C@@H](c5cc(F)cc(F)c5)N3C4=O)c2)CC1. The molecule has 5 nitrogen and oxygen atoms in total. The predicted molar refractivity (Wildman–Crippen MR) is 121 cm³/mol. The number of ether oxygens (including phenoxy) is 1. The van der Waals surface area contributed by atoms with E-state index in [1.165, 1.54) is 17.7 Å². The summed E-state index contributed by atoms with van der Waals surface area (Å²) < 4.78 is 33.9. The zero-order valence-corrected chi connectivity index (χ0v) is 19.2. The van der Waals surface area contributed by atoms with E-state index in [-0.39, 0.29) is 23.5 Å². The molecule has 4 aliphatic rings. The Balaban J connectivity index is 1.16. The number of benzene rings is 2. The minimum Gasteiger partial charge on any atom is -0.342 e. The standard InChI is InChI=1S/C27H28F2N2O3/c1-26(7-8-26)19-4-2-3-17(13-19)24(32)30-11-9-27(10-12-30)25(33)31-22(5-6-23(31)34-27)18-14-20(28)16-21(29)15-18/h2-4,13-16,22-23H,5-12H2,1H3/t22-,23?/m0/s1. The molecule has 1 unspecified atom stereocenters. The van der Waals surface area contributed by atoms with E-state index < -0.39 is 23.3 Å². The van der Waals surface area contributed by atoms with Gasteiger partial charge in [-0.15, -0.1) is 0 Å². The first-order valence-corrected chi connectivity index (χ1v) is 12.1. The third kappa shape index (κ3) is 3.44. The molecule has 1 saturated carbocycles. The summed E-state index contributed by atoms with van der Waals surface area (Å²) in [5, 5.41) is 0. The van der Waals surface area contributed by atoms with E-state index in [4.69, 9.17) is 4.74 Å². The van der Waals surface area contributed by atoms with Gasteiger partial charge in [0.15, 0.2) is 5.60 Å². The zero-order valence-electron chi connectivity index (χ0n) is 19.2. The van der Waals surface area contributed by atoms with E-state index in [9.17, 15) is 18.4 Å². The maximum atomic E-state index is 13.8. The van der Waals surface area contributed by atoms with Gasteiger partial charge >= 0.3 is 0 Å². The molecule has 4 fully saturated rings. The third-order valence-corrected chi connectivity index (χ3v) is 8.25. The maximum absolute atomic E-state index is 13.8. The summed E-state index contributed by atoms with van der Waals surface area (Å²) >= 11 is 0. The molecule has 2 aromatic rings. The van der Waals surface area contributed by atoms with Crippen LogP contribution in [0.25, 0.3) is 0 Å². The van der Waals surface area contributed by atoms with Gasteiger partial charge in [-0.2, -0.15) is 0 Å². The minimum atomic E-state index is -0.963. The molecule has 2 amide bonds. The number of piperidine rings is 1. The summed E-state index contributed by atoms with van der Waals surface area (Å²) in [5.74, 6) is -1.43. The van der Waals surface area contributed by atoms with Crippen molar-refractivity contribution >= 4 is 11.8 Å². The summed E-state index contributed by atoms with van der Waals surface area (Å²) in [5.41, 5.74) is 1.59. The number of amides is 2. The molecular formula is C27H28F2N2O3. The first kappa shape index (κ1) is 21.7. The molecule has 1 aliphatic carbocycles. The van der Waals surface area contributed by atoms with E-state index >= 15 is 0 Å². The van der Waals surface area contributed by atoms with Crippen LogP contribution in [0.4, 0.5) is 8.78 Å². The van der Waals surface area contributed by atoms with Crippen LogP contribution in [-0.4, -0.2) is 46.5 Å². The van der Waals surface area contributed by atoms with Crippen molar-refractivity contribution in [1.29, 1.82) is 0 Å². The van der Waals surface area contributed by atoms with Crippen molar-refractivity contribution in [2.24, 2.45) is 0 Å². The van der Waals surface area contributed by atoms with Crippen LogP contribution in [0.3, 0.4) is 0 Å². The molecule has 0 N–H and O–H groups in total. The third-order valence-electron chi connectivity index (χ3n) is 8.25. The highest BCUT2D eigenvalue weighted by Gasteiger charge is 2.58. The van der Waals surface area contributed by atoms with Crippen molar-refractivity contribution in [2.75, 3.05) is 13.1 Å². The number of halogens is 2. The molecule has 0 bridgehead atoms. The topological polar surface area (TPSA) is 49.9 Å². The smallest absolute Gasteiger partial charge is 0.257 e. The lowest BCUT2D eigenvalue weighted by molar-refractivity contribution is -0.142. The van der Waals surface area contributed by atoms with E-state index in [2.05, 4.69) is 13.0 Å². The van der Waals surface area contributed by atoms with Gasteiger partial charge in [0, 0.05) is 37.6 Å². The largest absolute Gasteiger partial charge is 0.342 e. The molecule has 0 radical (unpaired) electrons. The highest BCUT2D eigenvalue weighted by atomic mass is 19.1. The number of fused-ring (bicyclic) bond motifs is 1. The Morgan fingerprint density at radius 1 is 1.00 bits per heavy atom. The molecule has 3 aliphatic heterocycles. The second-order valence-electron chi connectivity index (χ2n) is 10.5. The summed E-state index contributed by atoms with van der Waals surface area (Å²) in [7, 11) is 0. The van der Waals surface area contributed by atoms with Crippen LogP contribution >= 0.6 is 0 Å². The summed E-state index contributed by atoms with van der Waals surface area (Å²) in [4.78, 5) is 30.2. The Bertz CT molecular complexity index is 1150. The Kier molecular flexibility index (Phi) is 4.86. The van der Waals surface area contributed by atoms with E-state index in [0.29, 0.717) is 49.9 Å². The lowest BCUT2D eigenvalue weighted by Crippen LogP contribution is -2.51. The van der Waals surface area contributed by atoms with Crippen molar-refractivity contribution in [1.82, 2.24) is 9.80 Å². The van der Waals surface area contributed by atoms with Crippen molar-refractivity contribution in [2.45, 2.75) is 68.7 Å². The van der Waals surface area contributed by atoms with E-state index in [1.807, 2.05) is 18.2 Å². The molecule has 34 heavy (non-hydrogen) atoms. The number of hydrogen-bond donors (Lipinski definition) is 0. The van der Waals surface area contributed by atoms with Crippen LogP contribution in [-0.2, 0) is 14.9 Å². The maximum Gasteiger partial charge on any atom is 0.257 e. The summed E-state index contributed by atoms with van der Waals surface area (Å²) in [6.07, 6.45) is 3.99. The monoisotopic (exact) mass is 466 g/mol. The van der Waals surface area contributed by atoms with Crippen LogP contribution in [0.1, 0.15) is 73.0 Å². The molecule has 3 saturated heterocycles. The fourth-order valence-corrected chi connectivity index (χ4v) is 5.90. The molecule has 178 valence electrons. The number of carbonyl (C=O) groups excluding carboxylic acids is 2. The number of rotatable bonds is 3. The summed E-state index contributed by atoms with van der Waals surface area (Å²) in [6, 6.07) is 10.9. The molecule has 3 heterocycles. The lowest BCUT2D eigenvalue weighted by atomic mass is 9.89. The number of nitrogens with zero attached hydrogens (tertiary/aromatic N) is 2. The average Bonchev–Trinajstić information content (AvgIpc) is 3.36. The first-order chi connectivity index (χ1) is 16.3. The molecule has 0 aromatic heterocycles. The highest BCUT2D eigenvalue weighted by Crippen LogP contribution is 2.49. The van der Waals surface area contributed by atoms with E-state index in [1.54, 1.807) is 9.80 Å². The van der Waals surface area contributed by atoms with Gasteiger partial charge in [0.25, 0.3) is 11.8 Å². The van der Waals surface area contributed by atoms with Crippen molar-refractivity contribution < 1.29 is 23.1 Å². The van der Waals surface area contributed by atoms with Gasteiger partial charge in [-0.3, -0.25) is 9.59 Å². The van der Waals surface area contributed by atoms with Crippen LogP contribution in [0.5, 0.6) is 0 Å². The predicted octanol–water partition coefficient (Wildman–Crippen LogP) is 4.71. The number of carbonyl (C=O) groups is 2. The number of likely N-dealkylation sites (tertiary alicyclic amines) is 1. The van der Waals surface area contributed by atoms with Crippen molar-refractivity contribution in [3.8, 4) is 0 Å². The molecule has 2 atom stereocenters. The Labute approximate surface area is 197 Å². The molecule has 2 aromatic carbocycles. The second kappa shape index (κ2) is 7.60. The summed E-state index contributed by atoms with van der Waals surface area (Å²) in [6.45, 7) is 3.10. The Morgan fingerprint density at radius 2 is 1.71 bits per heavy atom. The highest BCUT2D eigenvalue weighted by molar-refractivity contribution is 5.95. The van der Waals surface area contributed by atoms with Gasteiger partial charge in [-0.1, -0.05) is 19.1 Å². The lowest BCUT2D eigenvalue weighted by Gasteiger charge is -2.37. The van der Waals surface area contributed by atoms with E-state index in [0.717, 1.165) is 18.9 Å². The normalized spacial score (nSPS) is 26.7. The van der Waals surface area contributed by atoms with Crippen molar-refractivity contribution in [3.63, 3.8) is 0 Å². The van der Waals surface area contributed by atoms with Gasteiger partial charge in [0.1, 0.15) is 17.9 Å². The molecular weight excluding hydrogens is 438 g/mol.